The van der Waals surface area contributed by atoms with Gasteiger partial charge in [-0.3, -0.25) is 77.1 Å². The molecular weight excluding hydrogens is 1280 g/mol. The van der Waals surface area contributed by atoms with Crippen molar-refractivity contribution in [1.82, 2.24) is 40.9 Å². The van der Waals surface area contributed by atoms with Crippen molar-refractivity contribution >= 4 is 70.9 Å². The molecule has 0 aromatic heterocycles. The molecule has 0 aliphatic carbocycles. The van der Waals surface area contributed by atoms with E-state index in [1.54, 1.807) is 0 Å². The van der Waals surface area contributed by atoms with E-state index in [1.165, 1.54) is 48.6 Å². The van der Waals surface area contributed by atoms with Gasteiger partial charge in [0.2, 0.25) is 23.6 Å². The van der Waals surface area contributed by atoms with Crippen LogP contribution in [-0.2, 0) is 95.4 Å². The maximum atomic E-state index is 12.8. The van der Waals surface area contributed by atoms with Crippen LogP contribution < -0.4 is 21.3 Å². The van der Waals surface area contributed by atoms with Crippen molar-refractivity contribution in [3.63, 3.8) is 0 Å². The lowest BCUT2D eigenvalue weighted by Crippen LogP contribution is -2.50. The Labute approximate surface area is 584 Å². The lowest BCUT2D eigenvalue weighted by atomic mass is 9.90. The first-order valence-corrected chi connectivity index (χ1v) is 34.2. The number of imide groups is 4. The SMILES string of the molecule is CC(C)(CCNC(=O)CCN1C(=O)C=CC1=O)OCCC(C)(C)OCC(COC(C)(C)CCOC(C)(C)CCNC(=O)CCN1C(=O)C=CC1=O)(COC(C)(C)COC(C)(C)CCNC(=O)CCN1C(=O)C=CC1=O)COC(C)(C)COC(C)(C)CCNC(=O)CCN1C(=O)C=CC1=O. The molecule has 99 heavy (non-hydrogen) atoms. The molecule has 4 N–H and O–H groups in total. The molecule has 4 heterocycles. The van der Waals surface area contributed by atoms with Crippen LogP contribution in [0.1, 0.15) is 175 Å². The number of hydrogen-bond acceptors (Lipinski definition) is 20. The van der Waals surface area contributed by atoms with Gasteiger partial charge in [-0.2, -0.15) is 0 Å². The van der Waals surface area contributed by atoms with Gasteiger partial charge in [0.15, 0.2) is 0 Å². The molecule has 12 amide bonds. The molecule has 0 aromatic carbocycles. The Balaban J connectivity index is 1.51. The molecule has 0 radical (unpaired) electrons. The molecule has 0 bridgehead atoms. The molecule has 0 aromatic rings. The third kappa shape index (κ3) is 31.7. The van der Waals surface area contributed by atoms with Gasteiger partial charge in [0.25, 0.3) is 47.3 Å². The van der Waals surface area contributed by atoms with Gasteiger partial charge in [-0.1, -0.05) is 0 Å². The third-order valence-corrected chi connectivity index (χ3v) is 17.1. The summed E-state index contributed by atoms with van der Waals surface area (Å²) < 4.78 is 53.7. The minimum Gasteiger partial charge on any atom is -0.375 e. The van der Waals surface area contributed by atoms with Crippen molar-refractivity contribution in [2.45, 2.75) is 220 Å². The van der Waals surface area contributed by atoms with E-state index >= 15 is 0 Å². The van der Waals surface area contributed by atoms with Crippen molar-refractivity contribution in [2.75, 3.05) is 105 Å². The van der Waals surface area contributed by atoms with Gasteiger partial charge >= 0.3 is 0 Å². The van der Waals surface area contributed by atoms with Crippen LogP contribution in [-0.4, -0.2) is 241 Å². The largest absolute Gasteiger partial charge is 0.375 e. The Hall–Kier alpha value is -6.92. The summed E-state index contributed by atoms with van der Waals surface area (Å²) in [6.45, 7) is 32.6. The Morgan fingerprint density at radius 2 is 0.455 bits per heavy atom. The smallest absolute Gasteiger partial charge is 0.253 e. The molecule has 28 nitrogen and oxygen atoms in total. The van der Waals surface area contributed by atoms with E-state index in [1.807, 2.05) is 111 Å². The van der Waals surface area contributed by atoms with Crippen molar-refractivity contribution < 1.29 is 95.4 Å². The Bertz CT molecular complexity index is 2730. The Kier molecular flexibility index (Phi) is 31.7. The van der Waals surface area contributed by atoms with E-state index in [2.05, 4.69) is 21.3 Å². The molecule has 4 aliphatic heterocycles. The monoisotopic (exact) mass is 1400 g/mol. The van der Waals surface area contributed by atoms with Crippen LogP contribution in [0.3, 0.4) is 0 Å². The van der Waals surface area contributed by atoms with Gasteiger partial charge < -0.3 is 59.2 Å². The van der Waals surface area contributed by atoms with Crippen LogP contribution in [0.25, 0.3) is 0 Å². The summed E-state index contributed by atoms with van der Waals surface area (Å²) in [5.74, 6) is -4.90. The second-order valence-electron chi connectivity index (χ2n) is 30.6. The molecule has 28 heteroatoms. The minimum absolute atomic E-state index is 0.0237. The number of nitrogens with zero attached hydrogens (tertiary/aromatic N) is 4. The number of hydrogen-bond donors (Lipinski definition) is 4. The molecule has 0 atom stereocenters. The molecule has 0 fully saturated rings. The number of nitrogens with one attached hydrogen (secondary N) is 4. The van der Waals surface area contributed by atoms with Crippen molar-refractivity contribution in [3.8, 4) is 0 Å². The molecule has 0 unspecified atom stereocenters. The van der Waals surface area contributed by atoms with Gasteiger partial charge in [0, 0.05) is 127 Å². The van der Waals surface area contributed by atoms with Crippen LogP contribution in [0.15, 0.2) is 48.6 Å². The van der Waals surface area contributed by atoms with Crippen LogP contribution in [0.5, 0.6) is 0 Å². The lowest BCUT2D eigenvalue weighted by Gasteiger charge is -2.43. The summed E-state index contributed by atoms with van der Waals surface area (Å²) in [7, 11) is 0. The van der Waals surface area contributed by atoms with Crippen LogP contribution >= 0.6 is 0 Å². The molecular formula is C71H112N8O20. The van der Waals surface area contributed by atoms with Gasteiger partial charge in [-0.05, 0) is 149 Å². The maximum Gasteiger partial charge on any atom is 0.253 e. The topological polar surface area (TPSA) is 340 Å². The average molecular weight is 1400 g/mol. The highest BCUT2D eigenvalue weighted by Gasteiger charge is 2.42. The number of rotatable bonds is 50. The van der Waals surface area contributed by atoms with Gasteiger partial charge in [-0.15, -0.1) is 0 Å². The molecule has 556 valence electrons. The summed E-state index contributed by atoms with van der Waals surface area (Å²) in [5, 5.41) is 11.4. The summed E-state index contributed by atoms with van der Waals surface area (Å²) in [4.78, 5) is 151. The molecule has 0 spiro atoms. The summed E-state index contributed by atoms with van der Waals surface area (Å²) in [5.41, 5.74) is -7.43. The van der Waals surface area contributed by atoms with Crippen LogP contribution in [0.4, 0.5) is 0 Å². The summed E-state index contributed by atoms with van der Waals surface area (Å²) in [6, 6.07) is 0. The van der Waals surface area contributed by atoms with E-state index in [9.17, 15) is 57.5 Å². The predicted octanol–water partition coefficient (Wildman–Crippen LogP) is 4.40. The fourth-order valence-electron chi connectivity index (χ4n) is 9.87. The molecule has 4 rings (SSSR count). The average Bonchev–Trinajstić information content (AvgIpc) is 1.94. The van der Waals surface area contributed by atoms with Crippen LogP contribution in [0.2, 0.25) is 0 Å². The lowest BCUT2D eigenvalue weighted by molar-refractivity contribution is -0.210. The highest BCUT2D eigenvalue weighted by molar-refractivity contribution is 6.15. The zero-order valence-electron chi connectivity index (χ0n) is 61.5. The van der Waals surface area contributed by atoms with Gasteiger partial charge in [0.05, 0.1) is 103 Å². The van der Waals surface area contributed by atoms with E-state index < -0.39 is 97.5 Å². The number of ether oxygens (including phenoxy) is 8. The summed E-state index contributed by atoms with van der Waals surface area (Å²) >= 11 is 0. The predicted molar refractivity (Wildman–Crippen MR) is 364 cm³/mol. The zero-order chi connectivity index (χ0) is 74.3. The third-order valence-electron chi connectivity index (χ3n) is 17.1. The normalized spacial score (nSPS) is 15.9. The number of carbonyl (C=O) groups excluding carboxylic acids is 12. The van der Waals surface area contributed by atoms with Crippen molar-refractivity contribution in [1.29, 1.82) is 0 Å². The molecule has 4 aliphatic rings. The first-order chi connectivity index (χ1) is 45.8. The second kappa shape index (κ2) is 37.1. The van der Waals surface area contributed by atoms with E-state index in [-0.39, 0.29) is 155 Å². The second-order valence-corrected chi connectivity index (χ2v) is 30.6. The molecule has 0 saturated heterocycles. The number of amides is 12. The summed E-state index contributed by atoms with van der Waals surface area (Å²) in [6.07, 6.45) is 11.8. The molecule has 0 saturated carbocycles. The van der Waals surface area contributed by atoms with Crippen molar-refractivity contribution in [2.24, 2.45) is 5.41 Å². The Morgan fingerprint density at radius 1 is 0.273 bits per heavy atom. The van der Waals surface area contributed by atoms with E-state index in [0.29, 0.717) is 38.5 Å². The van der Waals surface area contributed by atoms with E-state index in [0.717, 1.165) is 19.6 Å². The zero-order valence-corrected chi connectivity index (χ0v) is 61.5. The first-order valence-electron chi connectivity index (χ1n) is 34.2. The van der Waals surface area contributed by atoms with E-state index in [4.69, 9.17) is 37.9 Å². The number of carbonyl (C=O) groups is 12. The van der Waals surface area contributed by atoms with Gasteiger partial charge in [-0.25, -0.2) is 0 Å². The quantitative estimate of drug-likeness (QED) is 0.0613. The minimum atomic E-state index is -1.06. The fourth-order valence-corrected chi connectivity index (χ4v) is 9.87. The fraction of sp³-hybridized carbons (Fsp3) is 0.718. The van der Waals surface area contributed by atoms with Crippen LogP contribution in [0, 0.1) is 5.41 Å². The Morgan fingerprint density at radius 3 is 0.677 bits per heavy atom. The first kappa shape index (κ1) is 84.5. The highest BCUT2D eigenvalue weighted by atomic mass is 16.6. The van der Waals surface area contributed by atoms with Crippen molar-refractivity contribution in [3.05, 3.63) is 48.6 Å². The van der Waals surface area contributed by atoms with Gasteiger partial charge in [0.1, 0.15) is 0 Å². The highest BCUT2D eigenvalue weighted by Crippen LogP contribution is 2.33. The standard InChI is InChI=1S/C71H112N8O20/c1-63(2,29-35-72-51(80)25-39-76-55(84)17-18-56(76)85)92-43-33-67(9,10)96-47-71(49-98-69(13,14)45-94-65(5,6)31-37-74-53(82)27-41-78-59(88)21-22-60(78)89,50-99-70(15,16)46-95-66(7,8)32-38-75-54(83)28-42-79-61(90)23-24-62(79)91)48-97-68(11,12)34-44-93-64(3,4)30-36-73-52(81)26-40-77-57(86)19-20-58(77)87/h17-24H,25-50H2,1-16H3,(H,72,80)(H,73,81)(H,74,82)(H,75,83). The maximum absolute atomic E-state index is 12.8.